The van der Waals surface area contributed by atoms with Crippen LogP contribution in [-0.4, -0.2) is 63.8 Å². The molecule has 0 amide bonds. The molecule has 0 bridgehead atoms. The van der Waals surface area contributed by atoms with Crippen LogP contribution in [0.15, 0.2) is 23.8 Å². The molecule has 0 radical (unpaired) electrons. The van der Waals surface area contributed by atoms with E-state index >= 15 is 0 Å². The summed E-state index contributed by atoms with van der Waals surface area (Å²) in [7, 11) is 0. The quantitative estimate of drug-likeness (QED) is 0.198. The van der Waals surface area contributed by atoms with Gasteiger partial charge in [0.2, 0.25) is 0 Å². The predicted octanol–water partition coefficient (Wildman–Crippen LogP) is 6.02. The number of hydrogen-bond donors (Lipinski definition) is 4. The van der Waals surface area contributed by atoms with Gasteiger partial charge in [-0.05, 0) is 98.2 Å². The normalized spacial score (nSPS) is 44.0. The molecule has 2 saturated carbocycles. The number of aliphatic hydroxyl groups is 4. The highest BCUT2D eigenvalue weighted by Crippen LogP contribution is 2.56. The van der Waals surface area contributed by atoms with Crippen molar-refractivity contribution in [3.8, 4) is 0 Å². The Kier molecular flexibility index (Phi) is 11.6. The lowest BCUT2D eigenvalue weighted by Gasteiger charge is -2.52. The zero-order chi connectivity index (χ0) is 29.9. The third kappa shape index (κ3) is 7.32. The molecule has 0 aromatic heterocycles. The molecule has 3 fully saturated rings. The van der Waals surface area contributed by atoms with E-state index in [0.29, 0.717) is 17.8 Å². The highest BCUT2D eigenvalue weighted by molar-refractivity contribution is 5.27. The van der Waals surface area contributed by atoms with E-state index in [9.17, 15) is 20.4 Å². The second-order valence-electron chi connectivity index (χ2n) is 14.7. The summed E-state index contributed by atoms with van der Waals surface area (Å²) in [6.45, 7) is 14.1. The van der Waals surface area contributed by atoms with E-state index in [4.69, 9.17) is 9.47 Å². The first kappa shape index (κ1) is 33.1. The smallest absolute Gasteiger partial charge is 0.186 e. The maximum absolute atomic E-state index is 10.5. The standard InChI is InChI=1S/C35H60O6/c1-7-24(21(2)3)13-11-22(4)28-10-8-9-25-14-15-26-19-27(17-18-35(26,6)29(25)16-12-23(28)5)40-34-33(39)32(38)31(37)30(20-36)41-34/h8-9,16,21-28,30-34,36-39H,7,10-15,17-20H2,1-6H3/b9-8+,29-16?/t22-,23+,24-,25-,26+,27+,28-,30-,31-,32+,33-,34-,35+/m1/s1. The van der Waals surface area contributed by atoms with Crippen molar-refractivity contribution in [2.45, 2.75) is 143 Å². The second kappa shape index (κ2) is 14.3. The van der Waals surface area contributed by atoms with Gasteiger partial charge >= 0.3 is 0 Å². The maximum Gasteiger partial charge on any atom is 0.186 e. The van der Waals surface area contributed by atoms with Crippen molar-refractivity contribution in [1.82, 2.24) is 0 Å². The lowest BCUT2D eigenvalue weighted by Crippen LogP contribution is -2.60. The van der Waals surface area contributed by atoms with E-state index in [1.807, 2.05) is 0 Å². The molecule has 0 spiro atoms. The molecule has 13 atom stereocenters. The summed E-state index contributed by atoms with van der Waals surface area (Å²) in [5.41, 5.74) is 1.77. The first-order valence-electron chi connectivity index (χ1n) is 16.8. The molecule has 4 aliphatic rings. The summed E-state index contributed by atoms with van der Waals surface area (Å²) in [5, 5.41) is 40.4. The van der Waals surface area contributed by atoms with Gasteiger partial charge in [-0.15, -0.1) is 0 Å². The summed E-state index contributed by atoms with van der Waals surface area (Å²) in [6, 6.07) is 0. The van der Waals surface area contributed by atoms with E-state index in [-0.39, 0.29) is 11.5 Å². The first-order chi connectivity index (χ1) is 19.5. The van der Waals surface area contributed by atoms with Gasteiger partial charge in [-0.3, -0.25) is 0 Å². The minimum atomic E-state index is -1.40. The molecule has 1 heterocycles. The van der Waals surface area contributed by atoms with Crippen molar-refractivity contribution in [2.75, 3.05) is 6.61 Å². The fourth-order valence-electron chi connectivity index (χ4n) is 8.83. The molecule has 6 nitrogen and oxygen atoms in total. The lowest BCUT2D eigenvalue weighted by molar-refractivity contribution is -0.315. The molecular weight excluding hydrogens is 516 g/mol. The average molecular weight is 577 g/mol. The van der Waals surface area contributed by atoms with Crippen LogP contribution in [0.25, 0.3) is 0 Å². The minimum absolute atomic E-state index is 0.0829. The zero-order valence-corrected chi connectivity index (χ0v) is 26.6. The van der Waals surface area contributed by atoms with Gasteiger partial charge in [-0.1, -0.05) is 78.2 Å². The van der Waals surface area contributed by atoms with Gasteiger partial charge in [0.25, 0.3) is 0 Å². The largest absolute Gasteiger partial charge is 0.394 e. The first-order valence-corrected chi connectivity index (χ1v) is 16.8. The summed E-state index contributed by atoms with van der Waals surface area (Å²) in [5.74, 6) is 4.74. The molecular formula is C35H60O6. The fourth-order valence-corrected chi connectivity index (χ4v) is 8.83. The van der Waals surface area contributed by atoms with Crippen molar-refractivity contribution in [3.05, 3.63) is 23.8 Å². The van der Waals surface area contributed by atoms with Crippen LogP contribution in [0, 0.1) is 46.8 Å². The zero-order valence-electron chi connectivity index (χ0n) is 26.6. The Hall–Kier alpha value is -0.760. The molecule has 0 aromatic rings. The van der Waals surface area contributed by atoms with Crippen molar-refractivity contribution >= 4 is 0 Å². The van der Waals surface area contributed by atoms with Gasteiger partial charge in [-0.25, -0.2) is 0 Å². The lowest BCUT2D eigenvalue weighted by atomic mass is 9.54. The molecule has 4 rings (SSSR count). The minimum Gasteiger partial charge on any atom is -0.394 e. The highest BCUT2D eigenvalue weighted by atomic mass is 16.7. The van der Waals surface area contributed by atoms with E-state index in [1.54, 1.807) is 5.57 Å². The van der Waals surface area contributed by atoms with Gasteiger partial charge in [0.1, 0.15) is 24.4 Å². The summed E-state index contributed by atoms with van der Waals surface area (Å²) >= 11 is 0. The Morgan fingerprint density at radius 3 is 2.46 bits per heavy atom. The van der Waals surface area contributed by atoms with Crippen molar-refractivity contribution in [2.24, 2.45) is 46.8 Å². The number of fused-ring (bicyclic) bond motifs is 3. The SMILES string of the molecule is CC[C@H](CC[C@@H](C)[C@H]1C/C=C/[C@@H]2CC[C@H]3C[C@@H](O[C@@H]4O[C@H](CO)[C@@H](O)[C@H](O)[C@H]4O)CC[C@]3(C)C2=CC[C@@H]1C)C(C)C. The van der Waals surface area contributed by atoms with Crippen LogP contribution >= 0.6 is 0 Å². The monoisotopic (exact) mass is 576 g/mol. The van der Waals surface area contributed by atoms with Crippen LogP contribution in [0.3, 0.4) is 0 Å². The maximum atomic E-state index is 10.5. The van der Waals surface area contributed by atoms with Crippen LogP contribution in [0.5, 0.6) is 0 Å². The number of ether oxygens (including phenoxy) is 2. The number of rotatable bonds is 9. The van der Waals surface area contributed by atoms with E-state index in [1.165, 1.54) is 25.7 Å². The van der Waals surface area contributed by atoms with Crippen LogP contribution in [0.4, 0.5) is 0 Å². The molecule has 1 aliphatic heterocycles. The average Bonchev–Trinajstić information content (AvgIpc) is 3.02. The number of allylic oxidation sites excluding steroid dienone is 4. The molecule has 0 aromatic carbocycles. The summed E-state index contributed by atoms with van der Waals surface area (Å²) in [4.78, 5) is 0. The molecule has 4 N–H and O–H groups in total. The van der Waals surface area contributed by atoms with Gasteiger partial charge in [0, 0.05) is 0 Å². The molecule has 0 unspecified atom stereocenters. The van der Waals surface area contributed by atoms with Crippen LogP contribution < -0.4 is 0 Å². The van der Waals surface area contributed by atoms with E-state index < -0.39 is 37.3 Å². The van der Waals surface area contributed by atoms with E-state index in [2.05, 4.69) is 59.8 Å². The van der Waals surface area contributed by atoms with Crippen LogP contribution in [0.1, 0.15) is 106 Å². The Morgan fingerprint density at radius 1 is 1.02 bits per heavy atom. The molecule has 1 saturated heterocycles. The third-order valence-corrected chi connectivity index (χ3v) is 11.9. The predicted molar refractivity (Wildman–Crippen MR) is 163 cm³/mol. The second-order valence-corrected chi connectivity index (χ2v) is 14.7. The van der Waals surface area contributed by atoms with Gasteiger partial charge < -0.3 is 29.9 Å². The van der Waals surface area contributed by atoms with Crippen LogP contribution in [0.2, 0.25) is 0 Å². The van der Waals surface area contributed by atoms with Gasteiger partial charge in [-0.2, -0.15) is 0 Å². The summed E-state index contributed by atoms with van der Waals surface area (Å²) in [6.07, 6.45) is 12.9. The Bertz CT molecular complexity index is 884. The Labute approximate surface area is 249 Å². The third-order valence-electron chi connectivity index (χ3n) is 11.9. The number of aliphatic hydroxyl groups excluding tert-OH is 4. The van der Waals surface area contributed by atoms with Crippen molar-refractivity contribution < 1.29 is 29.9 Å². The van der Waals surface area contributed by atoms with Gasteiger partial charge in [0.15, 0.2) is 6.29 Å². The molecule has 236 valence electrons. The Balaban J connectivity index is 1.41. The van der Waals surface area contributed by atoms with Crippen molar-refractivity contribution in [1.29, 1.82) is 0 Å². The van der Waals surface area contributed by atoms with E-state index in [0.717, 1.165) is 62.2 Å². The summed E-state index contributed by atoms with van der Waals surface area (Å²) < 4.78 is 11.9. The number of hydrogen-bond acceptors (Lipinski definition) is 6. The highest BCUT2D eigenvalue weighted by Gasteiger charge is 2.49. The topological polar surface area (TPSA) is 99.4 Å². The molecule has 6 heteroatoms. The van der Waals surface area contributed by atoms with Gasteiger partial charge in [0.05, 0.1) is 12.7 Å². The van der Waals surface area contributed by atoms with Crippen molar-refractivity contribution in [3.63, 3.8) is 0 Å². The Morgan fingerprint density at radius 2 is 1.78 bits per heavy atom. The molecule has 3 aliphatic carbocycles. The molecule has 41 heavy (non-hydrogen) atoms. The fraction of sp³-hybridized carbons (Fsp3) is 0.886. The van der Waals surface area contributed by atoms with Crippen LogP contribution in [-0.2, 0) is 9.47 Å².